The molecule has 28 heavy (non-hydrogen) atoms. The van der Waals surface area contributed by atoms with Gasteiger partial charge in [-0.15, -0.1) is 0 Å². The molecule has 1 aliphatic rings. The van der Waals surface area contributed by atoms with Gasteiger partial charge in [-0.25, -0.2) is 4.98 Å². The number of amides is 1. The molecule has 3 aromatic rings. The van der Waals surface area contributed by atoms with E-state index >= 15 is 0 Å². The molecular weight excluding hydrogens is 354 g/mol. The number of carbonyl (C=O) groups excluding carboxylic acids is 1. The Morgan fingerprint density at radius 2 is 1.82 bits per heavy atom. The first-order chi connectivity index (χ1) is 13.7. The van der Waals surface area contributed by atoms with Crippen LogP contribution in [0.25, 0.3) is 11.4 Å². The predicted octanol–water partition coefficient (Wildman–Crippen LogP) is 3.70. The maximum absolute atomic E-state index is 12.9. The second-order valence-corrected chi connectivity index (χ2v) is 6.77. The molecule has 1 aromatic heterocycles. The molecule has 6 heteroatoms. The SMILES string of the molecule is CCCOc1ccc([C@H]2CC(=O)Nc3nc(-c4ccccc4)[nH]c(=O)c32)cc1. The van der Waals surface area contributed by atoms with Crippen LogP contribution in [-0.2, 0) is 4.79 Å². The number of benzene rings is 2. The van der Waals surface area contributed by atoms with E-state index in [0.717, 1.165) is 23.3 Å². The standard InChI is InChI=1S/C22H21N3O3/c1-2-12-28-16-10-8-14(9-11-16)17-13-18(26)23-21-19(17)22(27)25-20(24-21)15-6-4-3-5-7-15/h3-11,17H,2,12-13H2,1H3,(H2,23,24,25,26,27)/t17-/m1/s1. The molecule has 0 aliphatic carbocycles. The van der Waals surface area contributed by atoms with Crippen LogP contribution >= 0.6 is 0 Å². The molecule has 0 bridgehead atoms. The molecule has 6 nitrogen and oxygen atoms in total. The molecule has 0 fully saturated rings. The topological polar surface area (TPSA) is 84.1 Å². The minimum Gasteiger partial charge on any atom is -0.494 e. The lowest BCUT2D eigenvalue weighted by Gasteiger charge is -2.24. The van der Waals surface area contributed by atoms with Gasteiger partial charge in [0, 0.05) is 17.9 Å². The maximum Gasteiger partial charge on any atom is 0.257 e. The van der Waals surface area contributed by atoms with Crippen LogP contribution in [0.15, 0.2) is 59.4 Å². The van der Waals surface area contributed by atoms with Crippen LogP contribution in [0.3, 0.4) is 0 Å². The number of carbonyl (C=O) groups is 1. The molecule has 0 saturated carbocycles. The molecule has 1 amide bonds. The number of hydrogen-bond donors (Lipinski definition) is 2. The Hall–Kier alpha value is -3.41. The van der Waals surface area contributed by atoms with E-state index in [0.29, 0.717) is 23.8 Å². The number of H-pyrrole nitrogens is 1. The van der Waals surface area contributed by atoms with Gasteiger partial charge in [-0.05, 0) is 24.1 Å². The van der Waals surface area contributed by atoms with Crippen LogP contribution in [0.5, 0.6) is 5.75 Å². The summed E-state index contributed by atoms with van der Waals surface area (Å²) in [6.45, 7) is 2.70. The van der Waals surface area contributed by atoms with Gasteiger partial charge < -0.3 is 15.0 Å². The van der Waals surface area contributed by atoms with Crippen LogP contribution in [0.2, 0.25) is 0 Å². The second-order valence-electron chi connectivity index (χ2n) is 6.77. The van der Waals surface area contributed by atoms with E-state index in [1.54, 1.807) is 0 Å². The highest BCUT2D eigenvalue weighted by Gasteiger charge is 2.31. The van der Waals surface area contributed by atoms with Crippen molar-refractivity contribution >= 4 is 11.7 Å². The zero-order valence-corrected chi connectivity index (χ0v) is 15.6. The molecule has 0 radical (unpaired) electrons. The van der Waals surface area contributed by atoms with Gasteiger partial charge in [0.15, 0.2) is 0 Å². The van der Waals surface area contributed by atoms with Crippen LogP contribution < -0.4 is 15.6 Å². The number of ether oxygens (including phenoxy) is 1. The summed E-state index contributed by atoms with van der Waals surface area (Å²) in [5.41, 5.74) is 1.93. The van der Waals surface area contributed by atoms with E-state index in [4.69, 9.17) is 4.74 Å². The molecule has 2 N–H and O–H groups in total. The summed E-state index contributed by atoms with van der Waals surface area (Å²) in [4.78, 5) is 32.6. The van der Waals surface area contributed by atoms with E-state index in [9.17, 15) is 9.59 Å². The normalized spacial score (nSPS) is 15.6. The average Bonchev–Trinajstić information content (AvgIpc) is 2.72. The van der Waals surface area contributed by atoms with E-state index in [1.165, 1.54) is 0 Å². The summed E-state index contributed by atoms with van der Waals surface area (Å²) in [6, 6.07) is 16.9. The zero-order valence-electron chi connectivity index (χ0n) is 15.6. The monoisotopic (exact) mass is 375 g/mol. The third-order valence-corrected chi connectivity index (χ3v) is 4.75. The molecule has 2 aromatic carbocycles. The van der Waals surface area contributed by atoms with Crippen molar-refractivity contribution in [2.75, 3.05) is 11.9 Å². The third kappa shape index (κ3) is 3.53. The maximum atomic E-state index is 12.9. The number of rotatable bonds is 5. The number of aromatic nitrogens is 2. The van der Waals surface area contributed by atoms with E-state index in [2.05, 4.69) is 22.2 Å². The largest absolute Gasteiger partial charge is 0.494 e. The number of aromatic amines is 1. The summed E-state index contributed by atoms with van der Waals surface area (Å²) >= 11 is 0. The van der Waals surface area contributed by atoms with Crippen molar-refractivity contribution in [3.05, 3.63) is 76.1 Å². The fourth-order valence-electron chi connectivity index (χ4n) is 3.41. The van der Waals surface area contributed by atoms with Gasteiger partial charge in [0.1, 0.15) is 17.4 Å². The predicted molar refractivity (Wildman–Crippen MR) is 108 cm³/mol. The average molecular weight is 375 g/mol. The van der Waals surface area contributed by atoms with Gasteiger partial charge >= 0.3 is 0 Å². The van der Waals surface area contributed by atoms with Gasteiger partial charge in [-0.1, -0.05) is 49.4 Å². The van der Waals surface area contributed by atoms with Crippen molar-refractivity contribution < 1.29 is 9.53 Å². The van der Waals surface area contributed by atoms with Crippen molar-refractivity contribution in [1.29, 1.82) is 0 Å². The third-order valence-electron chi connectivity index (χ3n) is 4.75. The van der Waals surface area contributed by atoms with Gasteiger partial charge in [0.25, 0.3) is 5.56 Å². The second kappa shape index (κ2) is 7.68. The van der Waals surface area contributed by atoms with Gasteiger partial charge in [0.05, 0.1) is 12.2 Å². The minimum atomic E-state index is -0.343. The van der Waals surface area contributed by atoms with Gasteiger partial charge in [0.2, 0.25) is 5.91 Å². The highest BCUT2D eigenvalue weighted by Crippen LogP contribution is 2.35. The zero-order chi connectivity index (χ0) is 19.5. The van der Waals surface area contributed by atoms with E-state index < -0.39 is 0 Å². The van der Waals surface area contributed by atoms with Crippen molar-refractivity contribution in [3.63, 3.8) is 0 Å². The lowest BCUT2D eigenvalue weighted by Crippen LogP contribution is -2.31. The molecule has 2 heterocycles. The van der Waals surface area contributed by atoms with Crippen molar-refractivity contribution in [2.45, 2.75) is 25.7 Å². The Bertz CT molecular complexity index is 1040. The molecule has 142 valence electrons. The quantitative estimate of drug-likeness (QED) is 0.712. The highest BCUT2D eigenvalue weighted by atomic mass is 16.5. The van der Waals surface area contributed by atoms with E-state index in [1.807, 2.05) is 54.6 Å². The Kier molecular flexibility index (Phi) is 4.93. The first-order valence-corrected chi connectivity index (χ1v) is 9.38. The first-order valence-electron chi connectivity index (χ1n) is 9.38. The number of hydrogen-bond acceptors (Lipinski definition) is 4. The molecule has 0 spiro atoms. The summed E-state index contributed by atoms with van der Waals surface area (Å²) in [5, 5.41) is 2.76. The first kappa shape index (κ1) is 18.0. The summed E-state index contributed by atoms with van der Waals surface area (Å²) in [5.74, 6) is 1.05. The van der Waals surface area contributed by atoms with Crippen LogP contribution in [0.4, 0.5) is 5.82 Å². The van der Waals surface area contributed by atoms with Crippen molar-refractivity contribution in [1.82, 2.24) is 9.97 Å². The van der Waals surface area contributed by atoms with Crippen molar-refractivity contribution in [3.8, 4) is 17.1 Å². The van der Waals surface area contributed by atoms with Crippen molar-refractivity contribution in [2.24, 2.45) is 0 Å². The highest BCUT2D eigenvalue weighted by molar-refractivity contribution is 5.94. The Balaban J connectivity index is 1.73. The molecule has 0 saturated heterocycles. The number of nitrogens with one attached hydrogen (secondary N) is 2. The molecule has 4 rings (SSSR count). The summed E-state index contributed by atoms with van der Waals surface area (Å²) < 4.78 is 5.62. The number of nitrogens with zero attached hydrogens (tertiary/aromatic N) is 1. The lowest BCUT2D eigenvalue weighted by molar-refractivity contribution is -0.116. The fraction of sp³-hybridized carbons (Fsp3) is 0.227. The summed E-state index contributed by atoms with van der Waals surface area (Å²) in [6.07, 6.45) is 1.14. The lowest BCUT2D eigenvalue weighted by atomic mass is 9.87. The van der Waals surface area contributed by atoms with E-state index in [-0.39, 0.29) is 23.8 Å². The Morgan fingerprint density at radius 1 is 1.07 bits per heavy atom. The van der Waals surface area contributed by atoms with Crippen LogP contribution in [0.1, 0.15) is 36.8 Å². The molecule has 1 atom stereocenters. The van der Waals surface area contributed by atoms with Crippen LogP contribution in [0, 0.1) is 0 Å². The van der Waals surface area contributed by atoms with Gasteiger partial charge in [-0.2, -0.15) is 0 Å². The Morgan fingerprint density at radius 3 is 2.54 bits per heavy atom. The molecule has 0 unspecified atom stereocenters. The minimum absolute atomic E-state index is 0.152. The summed E-state index contributed by atoms with van der Waals surface area (Å²) in [7, 11) is 0. The number of fused-ring (bicyclic) bond motifs is 1. The van der Waals surface area contributed by atoms with Gasteiger partial charge in [-0.3, -0.25) is 9.59 Å². The Labute approximate surface area is 162 Å². The van der Waals surface area contributed by atoms with Crippen LogP contribution in [-0.4, -0.2) is 22.5 Å². The smallest absolute Gasteiger partial charge is 0.257 e. The molecular formula is C22H21N3O3. The molecule has 1 aliphatic heterocycles. The fourth-order valence-corrected chi connectivity index (χ4v) is 3.41. The number of anilines is 1.